The molecule has 0 bridgehead atoms. The fourth-order valence-corrected chi connectivity index (χ4v) is 2.31. The standard InChI is InChI=1S/C13H18FN3O/c14-11-4-2-1-3-10(11)12(9-15)17-7-5-13(18)16-6-8-17/h1-4,12H,5-9,15H2,(H,16,18). The third kappa shape index (κ3) is 2.86. The number of nitrogens with one attached hydrogen (secondary N) is 1. The first kappa shape index (κ1) is 13.0. The Bertz CT molecular complexity index is 424. The van der Waals surface area contributed by atoms with Crippen LogP contribution in [0.25, 0.3) is 0 Å². The molecule has 0 aromatic heterocycles. The number of amides is 1. The lowest BCUT2D eigenvalue weighted by atomic mass is 10.0. The van der Waals surface area contributed by atoms with E-state index in [1.54, 1.807) is 12.1 Å². The maximum absolute atomic E-state index is 13.8. The van der Waals surface area contributed by atoms with Crippen LogP contribution in [0.15, 0.2) is 24.3 Å². The van der Waals surface area contributed by atoms with Crippen molar-refractivity contribution in [3.63, 3.8) is 0 Å². The van der Waals surface area contributed by atoms with Crippen molar-refractivity contribution in [1.82, 2.24) is 10.2 Å². The second kappa shape index (κ2) is 5.93. The molecule has 1 saturated heterocycles. The summed E-state index contributed by atoms with van der Waals surface area (Å²) in [5.41, 5.74) is 6.38. The molecular formula is C13H18FN3O. The molecule has 1 aromatic rings. The number of hydrogen-bond acceptors (Lipinski definition) is 3. The Kier molecular flexibility index (Phi) is 4.28. The van der Waals surface area contributed by atoms with Gasteiger partial charge in [-0.15, -0.1) is 0 Å². The van der Waals surface area contributed by atoms with Crippen LogP contribution in [0.3, 0.4) is 0 Å². The van der Waals surface area contributed by atoms with Gasteiger partial charge in [0, 0.05) is 44.2 Å². The van der Waals surface area contributed by atoms with Gasteiger partial charge in [-0.3, -0.25) is 9.69 Å². The fourth-order valence-electron chi connectivity index (χ4n) is 2.31. The maximum Gasteiger partial charge on any atom is 0.221 e. The number of benzene rings is 1. The molecule has 0 spiro atoms. The Balaban J connectivity index is 2.18. The largest absolute Gasteiger partial charge is 0.355 e. The van der Waals surface area contributed by atoms with Gasteiger partial charge < -0.3 is 11.1 Å². The number of rotatable bonds is 3. The fraction of sp³-hybridized carbons (Fsp3) is 0.462. The predicted octanol–water partition coefficient (Wildman–Crippen LogP) is 0.647. The zero-order valence-corrected chi connectivity index (χ0v) is 10.2. The van der Waals surface area contributed by atoms with Crippen molar-refractivity contribution in [3.8, 4) is 0 Å². The number of nitrogens with zero attached hydrogens (tertiary/aromatic N) is 1. The van der Waals surface area contributed by atoms with Crippen LogP contribution < -0.4 is 11.1 Å². The van der Waals surface area contributed by atoms with Crippen LogP contribution in [-0.2, 0) is 4.79 Å². The lowest BCUT2D eigenvalue weighted by Crippen LogP contribution is -2.36. The van der Waals surface area contributed by atoms with E-state index in [4.69, 9.17) is 5.73 Å². The monoisotopic (exact) mass is 251 g/mol. The van der Waals surface area contributed by atoms with Gasteiger partial charge in [0.15, 0.2) is 0 Å². The van der Waals surface area contributed by atoms with Gasteiger partial charge >= 0.3 is 0 Å². The molecule has 2 rings (SSSR count). The van der Waals surface area contributed by atoms with E-state index < -0.39 is 0 Å². The smallest absolute Gasteiger partial charge is 0.221 e. The van der Waals surface area contributed by atoms with Crippen LogP contribution in [-0.4, -0.2) is 37.0 Å². The lowest BCUT2D eigenvalue weighted by molar-refractivity contribution is -0.120. The minimum absolute atomic E-state index is 0.0433. The second-order valence-electron chi connectivity index (χ2n) is 4.41. The van der Waals surface area contributed by atoms with Crippen molar-refractivity contribution < 1.29 is 9.18 Å². The minimum Gasteiger partial charge on any atom is -0.355 e. The zero-order valence-electron chi connectivity index (χ0n) is 10.2. The molecule has 1 heterocycles. The summed E-state index contributed by atoms with van der Waals surface area (Å²) in [6, 6.07) is 6.51. The summed E-state index contributed by atoms with van der Waals surface area (Å²) in [7, 11) is 0. The summed E-state index contributed by atoms with van der Waals surface area (Å²) >= 11 is 0. The van der Waals surface area contributed by atoms with Gasteiger partial charge in [0.2, 0.25) is 5.91 Å². The Morgan fingerprint density at radius 1 is 1.39 bits per heavy atom. The molecule has 0 saturated carbocycles. The highest BCUT2D eigenvalue weighted by atomic mass is 19.1. The van der Waals surface area contributed by atoms with Crippen molar-refractivity contribution >= 4 is 5.91 Å². The first-order valence-corrected chi connectivity index (χ1v) is 6.17. The average Bonchev–Trinajstić information content (AvgIpc) is 2.58. The Hall–Kier alpha value is -1.46. The molecular weight excluding hydrogens is 233 g/mol. The number of carbonyl (C=O) groups is 1. The highest BCUT2D eigenvalue weighted by Crippen LogP contribution is 2.22. The van der Waals surface area contributed by atoms with Crippen molar-refractivity contribution in [3.05, 3.63) is 35.6 Å². The Morgan fingerprint density at radius 3 is 2.89 bits per heavy atom. The van der Waals surface area contributed by atoms with Crippen LogP contribution in [0.5, 0.6) is 0 Å². The summed E-state index contributed by atoms with van der Waals surface area (Å²) in [6.07, 6.45) is 0.435. The number of halogens is 1. The first-order chi connectivity index (χ1) is 8.72. The molecule has 1 atom stereocenters. The van der Waals surface area contributed by atoms with E-state index in [-0.39, 0.29) is 17.8 Å². The summed E-state index contributed by atoms with van der Waals surface area (Å²) < 4.78 is 13.8. The quantitative estimate of drug-likeness (QED) is 0.829. The molecule has 0 aliphatic carbocycles. The minimum atomic E-state index is -0.239. The Morgan fingerprint density at radius 2 is 2.17 bits per heavy atom. The molecule has 5 heteroatoms. The number of carbonyl (C=O) groups excluding carboxylic acids is 1. The summed E-state index contributed by atoms with van der Waals surface area (Å²) in [5.74, 6) is -0.196. The molecule has 3 N–H and O–H groups in total. The van der Waals surface area contributed by atoms with E-state index >= 15 is 0 Å². The summed E-state index contributed by atoms with van der Waals surface area (Å²) in [5, 5.41) is 2.80. The van der Waals surface area contributed by atoms with E-state index in [2.05, 4.69) is 10.2 Å². The van der Waals surface area contributed by atoms with Crippen LogP contribution >= 0.6 is 0 Å². The van der Waals surface area contributed by atoms with Crippen LogP contribution in [0.1, 0.15) is 18.0 Å². The van der Waals surface area contributed by atoms with Gasteiger partial charge in [-0.05, 0) is 6.07 Å². The molecule has 0 radical (unpaired) electrons. The summed E-state index contributed by atoms with van der Waals surface area (Å²) in [4.78, 5) is 13.4. The summed E-state index contributed by atoms with van der Waals surface area (Å²) in [6.45, 7) is 2.24. The topological polar surface area (TPSA) is 58.4 Å². The number of hydrogen-bond donors (Lipinski definition) is 2. The van der Waals surface area contributed by atoms with Crippen molar-refractivity contribution in [2.45, 2.75) is 12.5 Å². The van der Waals surface area contributed by atoms with Crippen LogP contribution in [0.2, 0.25) is 0 Å². The van der Waals surface area contributed by atoms with E-state index in [0.29, 0.717) is 38.2 Å². The Labute approximate surface area is 106 Å². The zero-order chi connectivity index (χ0) is 13.0. The predicted molar refractivity (Wildman–Crippen MR) is 67.4 cm³/mol. The highest BCUT2D eigenvalue weighted by molar-refractivity contribution is 5.76. The van der Waals surface area contributed by atoms with Crippen molar-refractivity contribution in [1.29, 1.82) is 0 Å². The maximum atomic E-state index is 13.8. The van der Waals surface area contributed by atoms with Gasteiger partial charge in [-0.1, -0.05) is 18.2 Å². The SMILES string of the molecule is NCC(c1ccccc1F)N1CCNC(=O)CC1. The molecule has 1 aliphatic heterocycles. The molecule has 1 aromatic carbocycles. The van der Waals surface area contributed by atoms with Gasteiger partial charge in [0.25, 0.3) is 0 Å². The molecule has 1 aliphatic rings. The second-order valence-corrected chi connectivity index (χ2v) is 4.41. The van der Waals surface area contributed by atoms with E-state index in [1.165, 1.54) is 6.07 Å². The van der Waals surface area contributed by atoms with Gasteiger partial charge in [0.1, 0.15) is 5.82 Å². The van der Waals surface area contributed by atoms with Crippen LogP contribution in [0.4, 0.5) is 4.39 Å². The third-order valence-electron chi connectivity index (χ3n) is 3.28. The third-order valence-corrected chi connectivity index (χ3v) is 3.28. The molecule has 1 amide bonds. The van der Waals surface area contributed by atoms with Gasteiger partial charge in [-0.2, -0.15) is 0 Å². The normalized spacial score (nSPS) is 19.1. The van der Waals surface area contributed by atoms with E-state index in [1.807, 2.05) is 6.07 Å². The number of nitrogens with two attached hydrogens (primary N) is 1. The van der Waals surface area contributed by atoms with Crippen molar-refractivity contribution in [2.75, 3.05) is 26.2 Å². The molecule has 18 heavy (non-hydrogen) atoms. The van der Waals surface area contributed by atoms with Crippen molar-refractivity contribution in [2.24, 2.45) is 5.73 Å². The van der Waals surface area contributed by atoms with E-state index in [9.17, 15) is 9.18 Å². The molecule has 1 fully saturated rings. The highest BCUT2D eigenvalue weighted by Gasteiger charge is 2.23. The van der Waals surface area contributed by atoms with Crippen LogP contribution in [0, 0.1) is 5.82 Å². The molecule has 98 valence electrons. The molecule has 4 nitrogen and oxygen atoms in total. The molecule has 1 unspecified atom stereocenters. The van der Waals surface area contributed by atoms with E-state index in [0.717, 1.165) is 0 Å². The lowest BCUT2D eigenvalue weighted by Gasteiger charge is -2.29. The average molecular weight is 251 g/mol. The first-order valence-electron chi connectivity index (χ1n) is 6.17. The van der Waals surface area contributed by atoms with Gasteiger partial charge in [-0.25, -0.2) is 4.39 Å². The van der Waals surface area contributed by atoms with Gasteiger partial charge in [0.05, 0.1) is 0 Å².